The minimum Gasteiger partial charge on any atom is -0.497 e. The molecule has 3 aromatic heterocycles. The largest absolute Gasteiger partial charge is 0.497 e. The van der Waals surface area contributed by atoms with Gasteiger partial charge in [0.15, 0.2) is 15.9 Å². The molecule has 4 aromatic rings. The van der Waals surface area contributed by atoms with Crippen LogP contribution in [-0.4, -0.2) is 22.1 Å². The summed E-state index contributed by atoms with van der Waals surface area (Å²) in [6.45, 7) is 0. The molecule has 1 N–H and O–H groups in total. The summed E-state index contributed by atoms with van der Waals surface area (Å²) in [6.07, 6.45) is 1.66. The SMILES string of the molecule is COc1ccc2nc(SCc3csc(-c4ccco4)n3)[nH]c2c1. The summed E-state index contributed by atoms with van der Waals surface area (Å²) in [5.74, 6) is 2.39. The van der Waals surface area contributed by atoms with Gasteiger partial charge in [-0.3, -0.25) is 0 Å². The van der Waals surface area contributed by atoms with Crippen molar-refractivity contribution in [2.75, 3.05) is 7.11 Å². The van der Waals surface area contributed by atoms with Crippen molar-refractivity contribution < 1.29 is 9.15 Å². The molecule has 116 valence electrons. The van der Waals surface area contributed by atoms with Gasteiger partial charge in [-0.05, 0) is 24.3 Å². The van der Waals surface area contributed by atoms with E-state index in [1.54, 1.807) is 36.5 Å². The van der Waals surface area contributed by atoms with Crippen molar-refractivity contribution in [2.45, 2.75) is 10.9 Å². The Bertz CT molecular complexity index is 928. The molecule has 0 aliphatic carbocycles. The van der Waals surface area contributed by atoms with Crippen LogP contribution >= 0.6 is 23.1 Å². The summed E-state index contributed by atoms with van der Waals surface area (Å²) in [7, 11) is 1.66. The maximum absolute atomic E-state index is 5.37. The van der Waals surface area contributed by atoms with Crippen LogP contribution in [0.5, 0.6) is 5.75 Å². The lowest BCUT2D eigenvalue weighted by Gasteiger charge is -1.96. The van der Waals surface area contributed by atoms with Gasteiger partial charge >= 0.3 is 0 Å². The van der Waals surface area contributed by atoms with E-state index in [1.807, 2.05) is 30.3 Å². The Labute approximate surface area is 140 Å². The number of benzene rings is 1. The number of rotatable bonds is 5. The number of fused-ring (bicyclic) bond motifs is 1. The van der Waals surface area contributed by atoms with Crippen molar-refractivity contribution >= 4 is 34.1 Å². The van der Waals surface area contributed by atoms with Crippen molar-refractivity contribution in [3.05, 3.63) is 47.7 Å². The number of hydrogen-bond donors (Lipinski definition) is 1. The molecule has 1 aromatic carbocycles. The van der Waals surface area contributed by atoms with E-state index in [1.165, 1.54) is 0 Å². The molecular weight excluding hydrogens is 330 g/mol. The summed E-state index contributed by atoms with van der Waals surface area (Å²) in [5, 5.41) is 3.83. The van der Waals surface area contributed by atoms with Gasteiger partial charge in [-0.2, -0.15) is 0 Å². The first-order valence-electron chi connectivity index (χ1n) is 6.96. The van der Waals surface area contributed by atoms with Crippen molar-refractivity contribution in [1.82, 2.24) is 15.0 Å². The molecule has 0 spiro atoms. The van der Waals surface area contributed by atoms with Crippen LogP contribution in [0.15, 0.2) is 51.5 Å². The lowest BCUT2D eigenvalue weighted by Crippen LogP contribution is -1.82. The molecule has 0 saturated carbocycles. The van der Waals surface area contributed by atoms with E-state index in [0.717, 1.165) is 44.2 Å². The first kappa shape index (κ1) is 14.3. The molecule has 0 amide bonds. The molecular formula is C16H13N3O2S2. The van der Waals surface area contributed by atoms with E-state index in [0.29, 0.717) is 0 Å². The molecule has 7 heteroatoms. The molecule has 23 heavy (non-hydrogen) atoms. The molecule has 0 fully saturated rings. The van der Waals surface area contributed by atoms with Gasteiger partial charge in [-0.1, -0.05) is 11.8 Å². The average molecular weight is 343 g/mol. The van der Waals surface area contributed by atoms with Gasteiger partial charge in [0.25, 0.3) is 0 Å². The fourth-order valence-corrected chi connectivity index (χ4v) is 3.86. The predicted octanol–water partition coefficient (Wildman–Crippen LogP) is 4.58. The Morgan fingerprint density at radius 3 is 3.09 bits per heavy atom. The van der Waals surface area contributed by atoms with Gasteiger partial charge in [-0.15, -0.1) is 11.3 Å². The van der Waals surface area contributed by atoms with Gasteiger partial charge in [0.05, 0.1) is 30.1 Å². The van der Waals surface area contributed by atoms with E-state index in [4.69, 9.17) is 9.15 Å². The third kappa shape index (κ3) is 2.97. The van der Waals surface area contributed by atoms with Crippen LogP contribution in [0.25, 0.3) is 21.8 Å². The molecule has 4 rings (SSSR count). The van der Waals surface area contributed by atoms with Crippen molar-refractivity contribution in [2.24, 2.45) is 0 Å². The van der Waals surface area contributed by atoms with Crippen LogP contribution in [0.4, 0.5) is 0 Å². The molecule has 0 aliphatic rings. The Balaban J connectivity index is 1.48. The normalized spacial score (nSPS) is 11.2. The smallest absolute Gasteiger partial charge is 0.166 e. The molecule has 5 nitrogen and oxygen atoms in total. The van der Waals surface area contributed by atoms with Crippen LogP contribution in [0.3, 0.4) is 0 Å². The number of thiazole rings is 1. The van der Waals surface area contributed by atoms with Crippen LogP contribution in [0.2, 0.25) is 0 Å². The van der Waals surface area contributed by atoms with Crippen LogP contribution in [0.1, 0.15) is 5.69 Å². The van der Waals surface area contributed by atoms with Crippen LogP contribution in [-0.2, 0) is 5.75 Å². The zero-order valence-corrected chi connectivity index (χ0v) is 13.9. The molecule has 0 atom stereocenters. The highest BCUT2D eigenvalue weighted by molar-refractivity contribution is 7.98. The average Bonchev–Trinajstić information content (AvgIpc) is 3.30. The fraction of sp³-hybridized carbons (Fsp3) is 0.125. The minimum atomic E-state index is 0.758. The lowest BCUT2D eigenvalue weighted by atomic mass is 10.3. The second kappa shape index (κ2) is 6.10. The number of hydrogen-bond acceptors (Lipinski definition) is 6. The first-order valence-corrected chi connectivity index (χ1v) is 8.83. The number of nitrogens with zero attached hydrogens (tertiary/aromatic N) is 2. The van der Waals surface area contributed by atoms with Crippen LogP contribution < -0.4 is 4.74 Å². The Morgan fingerprint density at radius 1 is 1.30 bits per heavy atom. The Morgan fingerprint density at radius 2 is 2.26 bits per heavy atom. The highest BCUT2D eigenvalue weighted by Crippen LogP contribution is 2.28. The standard InChI is InChI=1S/C16H13N3O2S2/c1-20-11-4-5-12-13(7-11)19-16(18-12)23-9-10-8-22-15(17-10)14-3-2-6-21-14/h2-8H,9H2,1H3,(H,18,19). The number of furan rings is 1. The molecule has 3 heterocycles. The molecule has 0 bridgehead atoms. The monoisotopic (exact) mass is 343 g/mol. The van der Waals surface area contributed by atoms with Crippen molar-refractivity contribution in [3.8, 4) is 16.5 Å². The molecule has 0 unspecified atom stereocenters. The summed E-state index contributed by atoms with van der Waals surface area (Å²) in [5.41, 5.74) is 2.92. The molecule has 0 radical (unpaired) electrons. The maximum atomic E-state index is 5.37. The van der Waals surface area contributed by atoms with E-state index in [9.17, 15) is 0 Å². The third-order valence-electron chi connectivity index (χ3n) is 3.31. The predicted molar refractivity (Wildman–Crippen MR) is 92.0 cm³/mol. The van der Waals surface area contributed by atoms with Gasteiger partial charge in [0.2, 0.25) is 0 Å². The van der Waals surface area contributed by atoms with E-state index in [2.05, 4.69) is 20.3 Å². The second-order valence-electron chi connectivity index (χ2n) is 4.84. The van der Waals surface area contributed by atoms with Crippen LogP contribution in [0, 0.1) is 0 Å². The van der Waals surface area contributed by atoms with Gasteiger partial charge < -0.3 is 14.1 Å². The number of thioether (sulfide) groups is 1. The first-order chi connectivity index (χ1) is 11.3. The second-order valence-corrected chi connectivity index (χ2v) is 6.66. The van der Waals surface area contributed by atoms with Crippen molar-refractivity contribution in [3.63, 3.8) is 0 Å². The van der Waals surface area contributed by atoms with Gasteiger partial charge in [-0.25, -0.2) is 9.97 Å². The number of H-pyrrole nitrogens is 1. The summed E-state index contributed by atoms with van der Waals surface area (Å²) >= 11 is 3.22. The van der Waals surface area contributed by atoms with E-state index >= 15 is 0 Å². The number of nitrogens with one attached hydrogen (secondary N) is 1. The highest BCUT2D eigenvalue weighted by Gasteiger charge is 2.09. The topological polar surface area (TPSA) is 63.9 Å². The fourth-order valence-electron chi connectivity index (χ4n) is 2.19. The zero-order chi connectivity index (χ0) is 15.6. The number of methoxy groups -OCH3 is 1. The number of imidazole rings is 1. The third-order valence-corrected chi connectivity index (χ3v) is 5.12. The quantitative estimate of drug-likeness (QED) is 0.537. The molecule has 0 aliphatic heterocycles. The highest BCUT2D eigenvalue weighted by atomic mass is 32.2. The number of aromatic amines is 1. The van der Waals surface area contributed by atoms with Gasteiger partial charge in [0, 0.05) is 17.2 Å². The summed E-state index contributed by atoms with van der Waals surface area (Å²) in [4.78, 5) is 12.5. The molecule has 0 saturated heterocycles. The Hall–Kier alpha value is -2.25. The Kier molecular flexibility index (Phi) is 3.80. The van der Waals surface area contributed by atoms with Gasteiger partial charge in [0.1, 0.15) is 5.75 Å². The summed E-state index contributed by atoms with van der Waals surface area (Å²) in [6, 6.07) is 9.60. The zero-order valence-electron chi connectivity index (χ0n) is 12.3. The van der Waals surface area contributed by atoms with E-state index in [-0.39, 0.29) is 0 Å². The number of aromatic nitrogens is 3. The van der Waals surface area contributed by atoms with Crippen molar-refractivity contribution in [1.29, 1.82) is 0 Å². The lowest BCUT2D eigenvalue weighted by molar-refractivity contribution is 0.415. The minimum absolute atomic E-state index is 0.758. The van der Waals surface area contributed by atoms with E-state index < -0.39 is 0 Å². The maximum Gasteiger partial charge on any atom is 0.166 e. The number of ether oxygens (including phenoxy) is 1. The summed E-state index contributed by atoms with van der Waals surface area (Å²) < 4.78 is 10.6.